The van der Waals surface area contributed by atoms with E-state index in [0.29, 0.717) is 23.7 Å². The summed E-state index contributed by atoms with van der Waals surface area (Å²) in [6.07, 6.45) is 0. The van der Waals surface area contributed by atoms with Crippen LogP contribution in [0.1, 0.15) is 27.8 Å². The van der Waals surface area contributed by atoms with Gasteiger partial charge in [-0.2, -0.15) is 0 Å². The zero-order valence-corrected chi connectivity index (χ0v) is 16.0. The Kier molecular flexibility index (Phi) is 6.36. The maximum atomic E-state index is 12.4. The second-order valence-corrected chi connectivity index (χ2v) is 5.91. The van der Waals surface area contributed by atoms with Crippen LogP contribution < -0.4 is 15.4 Å². The molecule has 0 saturated heterocycles. The third-order valence-corrected chi connectivity index (χ3v) is 3.88. The highest BCUT2D eigenvalue weighted by Crippen LogP contribution is 2.19. The Bertz CT molecular complexity index is 988. The maximum absolute atomic E-state index is 12.4. The van der Waals surface area contributed by atoms with E-state index in [4.69, 9.17) is 4.74 Å². The van der Waals surface area contributed by atoms with E-state index in [1.807, 2.05) is 31.2 Å². The summed E-state index contributed by atoms with van der Waals surface area (Å²) in [5.74, 6) is 0.364. The predicted molar refractivity (Wildman–Crippen MR) is 109 cm³/mol. The van der Waals surface area contributed by atoms with E-state index in [-0.39, 0.29) is 5.69 Å². The molecule has 8 nitrogen and oxygen atoms in total. The van der Waals surface area contributed by atoms with Crippen molar-refractivity contribution in [2.75, 3.05) is 24.4 Å². The van der Waals surface area contributed by atoms with E-state index >= 15 is 0 Å². The van der Waals surface area contributed by atoms with Gasteiger partial charge in [0.1, 0.15) is 5.75 Å². The van der Waals surface area contributed by atoms with Crippen LogP contribution in [0.5, 0.6) is 5.75 Å². The van der Waals surface area contributed by atoms with E-state index < -0.39 is 11.9 Å². The summed E-state index contributed by atoms with van der Waals surface area (Å²) in [6, 6.07) is 17.1. The molecule has 1 heterocycles. The smallest absolute Gasteiger partial charge is 0.337 e. The fourth-order valence-electron chi connectivity index (χ4n) is 2.51. The first-order valence-electron chi connectivity index (χ1n) is 8.92. The van der Waals surface area contributed by atoms with Crippen molar-refractivity contribution in [3.05, 3.63) is 71.9 Å². The number of carbonyl (C=O) groups excluding carboxylic acids is 2. The van der Waals surface area contributed by atoms with Gasteiger partial charge in [-0.3, -0.25) is 4.79 Å². The van der Waals surface area contributed by atoms with Crippen molar-refractivity contribution in [2.24, 2.45) is 0 Å². The zero-order valence-electron chi connectivity index (χ0n) is 16.0. The Hall–Kier alpha value is -3.94. The van der Waals surface area contributed by atoms with E-state index in [1.165, 1.54) is 13.2 Å². The molecule has 3 aromatic rings. The molecule has 0 aliphatic heterocycles. The minimum atomic E-state index is -0.481. The fraction of sp³-hybridized carbons (Fsp3) is 0.143. The molecule has 0 unspecified atom stereocenters. The summed E-state index contributed by atoms with van der Waals surface area (Å²) >= 11 is 0. The number of nitrogens with one attached hydrogen (secondary N) is 2. The second kappa shape index (κ2) is 9.32. The Morgan fingerprint density at radius 1 is 0.966 bits per heavy atom. The number of nitrogens with zero attached hydrogens (tertiary/aromatic N) is 2. The number of aromatic nitrogens is 2. The molecular weight excluding hydrogens is 372 g/mol. The van der Waals surface area contributed by atoms with Gasteiger partial charge in [-0.1, -0.05) is 6.07 Å². The van der Waals surface area contributed by atoms with Crippen molar-refractivity contribution in [2.45, 2.75) is 6.92 Å². The van der Waals surface area contributed by atoms with Crippen LogP contribution in [0.15, 0.2) is 60.7 Å². The highest BCUT2D eigenvalue weighted by Gasteiger charge is 2.11. The first-order chi connectivity index (χ1) is 14.1. The molecule has 0 fully saturated rings. The molecule has 0 atom stereocenters. The van der Waals surface area contributed by atoms with Crippen LogP contribution in [0.2, 0.25) is 0 Å². The summed E-state index contributed by atoms with van der Waals surface area (Å²) < 4.78 is 10.1. The number of rotatable bonds is 7. The van der Waals surface area contributed by atoms with Crippen molar-refractivity contribution in [1.82, 2.24) is 10.2 Å². The van der Waals surface area contributed by atoms with Crippen LogP contribution in [-0.2, 0) is 4.74 Å². The van der Waals surface area contributed by atoms with Crippen molar-refractivity contribution >= 4 is 29.1 Å². The average molecular weight is 392 g/mol. The number of carbonyl (C=O) groups is 2. The van der Waals surface area contributed by atoms with E-state index in [0.717, 1.165) is 11.4 Å². The topological polar surface area (TPSA) is 102 Å². The number of anilines is 3. The lowest BCUT2D eigenvalue weighted by Gasteiger charge is -2.08. The highest BCUT2D eigenvalue weighted by atomic mass is 16.5. The standard InChI is InChI=1S/C21H20N4O4/c1-3-29-17-9-7-15(8-10-17)22-19-12-11-18(24-25-19)20(26)23-16-6-4-5-14(13-16)21(27)28-2/h4-13H,3H2,1-2H3,(H,22,25)(H,23,26). The molecule has 0 spiro atoms. The summed E-state index contributed by atoms with van der Waals surface area (Å²) in [5, 5.41) is 13.8. The Labute approximate surface area is 167 Å². The van der Waals surface area contributed by atoms with Crippen molar-refractivity contribution < 1.29 is 19.1 Å². The fourth-order valence-corrected chi connectivity index (χ4v) is 2.51. The molecule has 0 bridgehead atoms. The van der Waals surface area contributed by atoms with Crippen LogP contribution in [-0.4, -0.2) is 35.8 Å². The number of ether oxygens (including phenoxy) is 2. The van der Waals surface area contributed by atoms with Gasteiger partial charge in [0, 0.05) is 11.4 Å². The van der Waals surface area contributed by atoms with E-state index in [1.54, 1.807) is 30.3 Å². The number of esters is 1. The lowest BCUT2D eigenvalue weighted by Crippen LogP contribution is -2.15. The maximum Gasteiger partial charge on any atom is 0.337 e. The lowest BCUT2D eigenvalue weighted by atomic mass is 10.2. The Balaban J connectivity index is 1.63. The second-order valence-electron chi connectivity index (χ2n) is 5.91. The summed E-state index contributed by atoms with van der Waals surface area (Å²) in [5.41, 5.74) is 1.76. The molecule has 0 saturated carbocycles. The average Bonchev–Trinajstić information content (AvgIpc) is 2.75. The first-order valence-corrected chi connectivity index (χ1v) is 8.92. The molecule has 2 aromatic carbocycles. The van der Waals surface area contributed by atoms with E-state index in [2.05, 4.69) is 25.6 Å². The minimum absolute atomic E-state index is 0.144. The molecule has 1 aromatic heterocycles. The van der Waals surface area contributed by atoms with Crippen molar-refractivity contribution in [1.29, 1.82) is 0 Å². The largest absolute Gasteiger partial charge is 0.494 e. The molecular formula is C21H20N4O4. The van der Waals surface area contributed by atoms with Gasteiger partial charge < -0.3 is 20.1 Å². The molecule has 0 aliphatic rings. The molecule has 29 heavy (non-hydrogen) atoms. The molecule has 3 rings (SSSR count). The Morgan fingerprint density at radius 2 is 1.76 bits per heavy atom. The molecule has 8 heteroatoms. The number of hydrogen-bond donors (Lipinski definition) is 2. The highest BCUT2D eigenvalue weighted by molar-refractivity contribution is 6.03. The predicted octanol–water partition coefficient (Wildman–Crippen LogP) is 3.66. The van der Waals surface area contributed by atoms with Gasteiger partial charge in [-0.05, 0) is 61.5 Å². The number of benzene rings is 2. The number of hydrogen-bond acceptors (Lipinski definition) is 7. The van der Waals surface area contributed by atoms with Crippen LogP contribution >= 0.6 is 0 Å². The van der Waals surface area contributed by atoms with Crippen LogP contribution in [0.3, 0.4) is 0 Å². The zero-order chi connectivity index (χ0) is 20.6. The summed E-state index contributed by atoms with van der Waals surface area (Å²) in [7, 11) is 1.30. The van der Waals surface area contributed by atoms with E-state index in [9.17, 15) is 9.59 Å². The quantitative estimate of drug-likeness (QED) is 0.592. The molecule has 1 amide bonds. The first kappa shape index (κ1) is 19.8. The van der Waals surface area contributed by atoms with Crippen molar-refractivity contribution in [3.63, 3.8) is 0 Å². The molecule has 0 aliphatic carbocycles. The van der Waals surface area contributed by atoms with Gasteiger partial charge >= 0.3 is 5.97 Å². The summed E-state index contributed by atoms with van der Waals surface area (Å²) in [4.78, 5) is 24.0. The molecule has 148 valence electrons. The minimum Gasteiger partial charge on any atom is -0.494 e. The van der Waals surface area contributed by atoms with Gasteiger partial charge in [-0.15, -0.1) is 10.2 Å². The van der Waals surface area contributed by atoms with Gasteiger partial charge in [0.25, 0.3) is 5.91 Å². The van der Waals surface area contributed by atoms with Gasteiger partial charge in [0.05, 0.1) is 19.3 Å². The van der Waals surface area contributed by atoms with Crippen LogP contribution in [0.25, 0.3) is 0 Å². The molecule has 2 N–H and O–H groups in total. The van der Waals surface area contributed by atoms with Gasteiger partial charge in [0.15, 0.2) is 11.5 Å². The number of amides is 1. The van der Waals surface area contributed by atoms with Crippen LogP contribution in [0.4, 0.5) is 17.2 Å². The lowest BCUT2D eigenvalue weighted by molar-refractivity contribution is 0.0600. The van der Waals surface area contributed by atoms with Gasteiger partial charge in [-0.25, -0.2) is 4.79 Å². The third-order valence-electron chi connectivity index (χ3n) is 3.88. The summed E-state index contributed by atoms with van der Waals surface area (Å²) in [6.45, 7) is 2.53. The Morgan fingerprint density at radius 3 is 2.41 bits per heavy atom. The monoisotopic (exact) mass is 392 g/mol. The SMILES string of the molecule is CCOc1ccc(Nc2ccc(C(=O)Nc3cccc(C(=O)OC)c3)nn2)cc1. The molecule has 0 radical (unpaired) electrons. The van der Waals surface area contributed by atoms with Crippen molar-refractivity contribution in [3.8, 4) is 5.75 Å². The normalized spacial score (nSPS) is 10.1. The third kappa shape index (κ3) is 5.29. The number of methoxy groups -OCH3 is 1. The van der Waals surface area contributed by atoms with Gasteiger partial charge in [0.2, 0.25) is 0 Å². The van der Waals surface area contributed by atoms with Crippen LogP contribution in [0, 0.1) is 0 Å².